The molecule has 3 aromatic carbocycles. The molecule has 29 heavy (non-hydrogen) atoms. The van der Waals surface area contributed by atoms with Gasteiger partial charge in [-0.05, 0) is 36.8 Å². The monoisotopic (exact) mass is 409 g/mol. The molecule has 8 heteroatoms. The number of anilines is 2. The van der Waals surface area contributed by atoms with Crippen molar-refractivity contribution in [2.75, 3.05) is 5.32 Å². The Bertz CT molecular complexity index is 1310. The van der Waals surface area contributed by atoms with Crippen LogP contribution in [0.1, 0.15) is 37.4 Å². The van der Waals surface area contributed by atoms with Crippen molar-refractivity contribution < 1.29 is 27.7 Å². The number of phenols is 1. The van der Waals surface area contributed by atoms with E-state index in [0.717, 1.165) is 0 Å². The summed E-state index contributed by atoms with van der Waals surface area (Å²) in [4.78, 5) is 25.6. The van der Waals surface area contributed by atoms with Gasteiger partial charge in [0.2, 0.25) is 0 Å². The average molecular weight is 409 g/mol. The molecule has 1 aliphatic carbocycles. The fourth-order valence-corrected chi connectivity index (χ4v) is 4.17. The molecule has 7 nitrogen and oxygen atoms in total. The minimum atomic E-state index is -4.43. The zero-order chi connectivity index (χ0) is 20.9. The predicted octanol–water partition coefficient (Wildman–Crippen LogP) is 3.47. The Kier molecular flexibility index (Phi) is 4.25. The first kappa shape index (κ1) is 18.9. The number of ketones is 2. The van der Waals surface area contributed by atoms with E-state index in [2.05, 4.69) is 5.32 Å². The molecule has 1 aliphatic rings. The van der Waals surface area contributed by atoms with Crippen LogP contribution in [-0.2, 0) is 10.1 Å². The Morgan fingerprint density at radius 1 is 0.862 bits per heavy atom. The minimum Gasteiger partial charge on any atom is -0.507 e. The molecule has 0 atom stereocenters. The number of fused-ring (bicyclic) bond motifs is 2. The molecule has 4 rings (SSSR count). The second-order valence-electron chi connectivity index (χ2n) is 6.67. The van der Waals surface area contributed by atoms with Gasteiger partial charge in [0.15, 0.2) is 11.6 Å². The Morgan fingerprint density at radius 2 is 1.48 bits per heavy atom. The maximum absolute atomic E-state index is 13.1. The lowest BCUT2D eigenvalue weighted by Gasteiger charge is -2.21. The van der Waals surface area contributed by atoms with E-state index in [1.807, 2.05) is 0 Å². The van der Waals surface area contributed by atoms with Gasteiger partial charge in [-0.2, -0.15) is 8.42 Å². The van der Waals surface area contributed by atoms with E-state index in [4.69, 9.17) is 0 Å². The first-order valence-corrected chi connectivity index (χ1v) is 10.0. The second-order valence-corrected chi connectivity index (χ2v) is 8.06. The lowest BCUT2D eigenvalue weighted by molar-refractivity contribution is 0.0977. The third-order valence-electron chi connectivity index (χ3n) is 4.80. The third kappa shape index (κ3) is 3.08. The van der Waals surface area contributed by atoms with Crippen molar-refractivity contribution in [3.05, 3.63) is 82.4 Å². The molecular formula is C21H15NO6S. The van der Waals surface area contributed by atoms with E-state index < -0.39 is 21.7 Å². The van der Waals surface area contributed by atoms with Crippen LogP contribution in [-0.4, -0.2) is 29.6 Å². The van der Waals surface area contributed by atoms with Gasteiger partial charge in [0.1, 0.15) is 5.75 Å². The van der Waals surface area contributed by atoms with Crippen LogP contribution in [0.4, 0.5) is 11.4 Å². The maximum atomic E-state index is 13.1. The highest BCUT2D eigenvalue weighted by Crippen LogP contribution is 2.38. The van der Waals surface area contributed by atoms with Gasteiger partial charge in [-0.15, -0.1) is 0 Å². The molecule has 0 heterocycles. The van der Waals surface area contributed by atoms with E-state index in [0.29, 0.717) is 5.56 Å². The van der Waals surface area contributed by atoms with Crippen molar-refractivity contribution >= 4 is 33.1 Å². The van der Waals surface area contributed by atoms with Gasteiger partial charge in [-0.25, -0.2) is 0 Å². The first-order valence-electron chi connectivity index (χ1n) is 8.58. The highest BCUT2D eigenvalue weighted by atomic mass is 32.2. The van der Waals surface area contributed by atoms with Gasteiger partial charge in [0.25, 0.3) is 10.1 Å². The summed E-state index contributed by atoms with van der Waals surface area (Å²) < 4.78 is 32.5. The molecule has 0 fully saturated rings. The fourth-order valence-electron chi connectivity index (χ4n) is 3.42. The fraction of sp³-hybridized carbons (Fsp3) is 0.0476. The van der Waals surface area contributed by atoms with E-state index in [-0.39, 0.29) is 44.3 Å². The number of benzene rings is 3. The van der Waals surface area contributed by atoms with Crippen LogP contribution < -0.4 is 5.32 Å². The number of hydrogen-bond donors (Lipinski definition) is 3. The van der Waals surface area contributed by atoms with E-state index in [1.54, 1.807) is 18.2 Å². The van der Waals surface area contributed by atoms with Crippen LogP contribution in [0.15, 0.2) is 59.5 Å². The molecular weight excluding hydrogens is 394 g/mol. The zero-order valence-corrected chi connectivity index (χ0v) is 15.9. The van der Waals surface area contributed by atoms with Gasteiger partial charge in [0.05, 0.1) is 21.7 Å². The van der Waals surface area contributed by atoms with Crippen molar-refractivity contribution in [3.8, 4) is 5.75 Å². The quantitative estimate of drug-likeness (QED) is 0.350. The number of hydrogen-bond acceptors (Lipinski definition) is 6. The highest BCUT2D eigenvalue weighted by Gasteiger charge is 2.34. The van der Waals surface area contributed by atoms with E-state index in [9.17, 15) is 27.7 Å². The molecule has 3 N–H and O–H groups in total. The molecule has 0 aromatic heterocycles. The smallest absolute Gasteiger partial charge is 0.294 e. The van der Waals surface area contributed by atoms with Crippen LogP contribution in [0.25, 0.3) is 0 Å². The summed E-state index contributed by atoms with van der Waals surface area (Å²) >= 11 is 0. The molecule has 0 radical (unpaired) electrons. The Labute approximate surface area is 166 Å². The van der Waals surface area contributed by atoms with Gasteiger partial charge < -0.3 is 10.4 Å². The topological polar surface area (TPSA) is 121 Å². The van der Waals surface area contributed by atoms with Gasteiger partial charge in [0, 0.05) is 16.8 Å². The van der Waals surface area contributed by atoms with Crippen molar-refractivity contribution in [3.63, 3.8) is 0 Å². The highest BCUT2D eigenvalue weighted by molar-refractivity contribution is 7.85. The van der Waals surface area contributed by atoms with Crippen molar-refractivity contribution in [1.82, 2.24) is 0 Å². The van der Waals surface area contributed by atoms with E-state index >= 15 is 0 Å². The SMILES string of the molecule is Cc1ccc(Nc2ccc(O)c3c2C(=O)c2ccccc2C3=O)cc1S(=O)(=O)O. The molecule has 0 saturated carbocycles. The third-order valence-corrected chi connectivity index (χ3v) is 5.79. The molecule has 0 saturated heterocycles. The molecule has 0 unspecified atom stereocenters. The summed E-state index contributed by atoms with van der Waals surface area (Å²) in [5.41, 5.74) is 1.20. The standard InChI is InChI=1S/C21H15NO6S/c1-11-6-7-12(10-17(11)29(26,27)28)22-15-8-9-16(23)19-18(15)20(24)13-4-2-3-5-14(13)21(19)25/h2-10,22-23H,1H3,(H,26,27,28). The average Bonchev–Trinajstić information content (AvgIpc) is 2.68. The van der Waals surface area contributed by atoms with Crippen LogP contribution in [0.3, 0.4) is 0 Å². The number of carbonyl (C=O) groups excluding carboxylic acids is 2. The van der Waals surface area contributed by atoms with Crippen LogP contribution in [0.2, 0.25) is 0 Å². The van der Waals surface area contributed by atoms with Crippen molar-refractivity contribution in [2.24, 2.45) is 0 Å². The van der Waals surface area contributed by atoms with Crippen LogP contribution in [0, 0.1) is 6.92 Å². The minimum absolute atomic E-state index is 0.00248. The zero-order valence-electron chi connectivity index (χ0n) is 15.1. The maximum Gasteiger partial charge on any atom is 0.294 e. The van der Waals surface area contributed by atoms with Gasteiger partial charge in [-0.3, -0.25) is 14.1 Å². The van der Waals surface area contributed by atoms with E-state index in [1.165, 1.54) is 43.3 Å². The predicted molar refractivity (Wildman–Crippen MR) is 106 cm³/mol. The van der Waals surface area contributed by atoms with Crippen molar-refractivity contribution in [2.45, 2.75) is 11.8 Å². The van der Waals surface area contributed by atoms with Gasteiger partial charge in [-0.1, -0.05) is 30.3 Å². The number of carbonyl (C=O) groups is 2. The first-order chi connectivity index (χ1) is 13.7. The van der Waals surface area contributed by atoms with Gasteiger partial charge >= 0.3 is 0 Å². The molecule has 0 aliphatic heterocycles. The summed E-state index contributed by atoms with van der Waals surface area (Å²) in [6.07, 6.45) is 0. The van der Waals surface area contributed by atoms with Crippen molar-refractivity contribution in [1.29, 1.82) is 0 Å². The van der Waals surface area contributed by atoms with Crippen LogP contribution >= 0.6 is 0 Å². The summed E-state index contributed by atoms with van der Waals surface area (Å²) in [6.45, 7) is 1.54. The molecule has 0 amide bonds. The Balaban J connectivity index is 1.87. The number of aryl methyl sites for hydroxylation is 1. The Hall–Kier alpha value is -3.49. The number of aromatic hydroxyl groups is 1. The normalized spacial score (nSPS) is 13.0. The lowest BCUT2D eigenvalue weighted by atomic mass is 9.82. The molecule has 3 aromatic rings. The summed E-state index contributed by atoms with van der Waals surface area (Å²) in [6, 6.07) is 13.4. The summed E-state index contributed by atoms with van der Waals surface area (Å²) in [5, 5.41) is 13.2. The number of phenolic OH excluding ortho intramolecular Hbond substituents is 1. The number of rotatable bonds is 3. The molecule has 0 spiro atoms. The molecule has 146 valence electrons. The second kappa shape index (κ2) is 6.54. The number of nitrogens with one attached hydrogen (secondary N) is 1. The lowest BCUT2D eigenvalue weighted by Crippen LogP contribution is -2.22. The Morgan fingerprint density at radius 3 is 2.10 bits per heavy atom. The van der Waals surface area contributed by atoms with Crippen LogP contribution in [0.5, 0.6) is 5.75 Å². The molecule has 0 bridgehead atoms. The summed E-state index contributed by atoms with van der Waals surface area (Å²) in [7, 11) is -4.43. The largest absolute Gasteiger partial charge is 0.507 e. The summed E-state index contributed by atoms with van der Waals surface area (Å²) in [5.74, 6) is -1.23.